The summed E-state index contributed by atoms with van der Waals surface area (Å²) in [5, 5.41) is 2.85. The number of primary amides is 1. The Morgan fingerprint density at radius 3 is 1.46 bits per heavy atom. The molecule has 2 bridgehead atoms. The van der Waals surface area contributed by atoms with Crippen molar-refractivity contribution >= 4 is 18.1 Å². The lowest BCUT2D eigenvalue weighted by Crippen LogP contribution is -2.65. The van der Waals surface area contributed by atoms with E-state index in [9.17, 15) is 14.4 Å². The van der Waals surface area contributed by atoms with Crippen LogP contribution in [0.3, 0.4) is 0 Å². The zero-order valence-corrected chi connectivity index (χ0v) is 25.4. The molecule has 2 fully saturated rings. The van der Waals surface area contributed by atoms with E-state index in [0.717, 1.165) is 33.4 Å². The first-order valence-corrected chi connectivity index (χ1v) is 16.0. The Balaban J connectivity index is 0.935. The molecule has 2 atom stereocenters. The van der Waals surface area contributed by atoms with E-state index in [4.69, 9.17) is 15.2 Å². The van der Waals surface area contributed by atoms with Gasteiger partial charge in [0.05, 0.1) is 0 Å². The number of nitrogens with one attached hydrogen (secondary N) is 1. The Kier molecular flexibility index (Phi) is 6.82. The fraction of sp³-hybridized carbons (Fsp3) is 0.289. The minimum Gasteiger partial charge on any atom is -0.449 e. The summed E-state index contributed by atoms with van der Waals surface area (Å²) in [6.45, 7) is 0.356. The summed E-state index contributed by atoms with van der Waals surface area (Å²) in [4.78, 5) is 41.5. The van der Waals surface area contributed by atoms with Crippen molar-refractivity contribution in [3.8, 4) is 22.3 Å². The van der Waals surface area contributed by atoms with Gasteiger partial charge in [0.1, 0.15) is 18.8 Å². The number of fused-ring (bicyclic) bond motifs is 8. The smallest absolute Gasteiger partial charge is 0.410 e. The molecule has 0 radical (unpaired) electrons. The number of nitrogens with zero attached hydrogens (tertiary/aromatic N) is 1. The van der Waals surface area contributed by atoms with Gasteiger partial charge in [-0.1, -0.05) is 97.1 Å². The summed E-state index contributed by atoms with van der Waals surface area (Å²) in [7, 11) is 0. The topological polar surface area (TPSA) is 111 Å². The third kappa shape index (κ3) is 4.54. The molecule has 46 heavy (non-hydrogen) atoms. The number of hydrogen-bond donors (Lipinski definition) is 2. The van der Waals surface area contributed by atoms with Crippen LogP contribution in [0.4, 0.5) is 9.59 Å². The van der Waals surface area contributed by atoms with Gasteiger partial charge in [-0.2, -0.15) is 0 Å². The number of hydrogen-bond acceptors (Lipinski definition) is 5. The summed E-state index contributed by atoms with van der Waals surface area (Å²) >= 11 is 0. The molecular weight excluding hydrogens is 578 g/mol. The SMILES string of the molecule is NC(=O)C1(NC(=O)OCC2c3ccccc3-c3ccccc32)CC2CCC(C1)N2C(=O)OCC1c2ccccc2-c2ccccc21. The van der Waals surface area contributed by atoms with Crippen molar-refractivity contribution in [3.05, 3.63) is 119 Å². The minimum atomic E-state index is -1.31. The number of nitrogens with two attached hydrogens (primary N) is 1. The van der Waals surface area contributed by atoms with E-state index >= 15 is 0 Å². The Bertz CT molecular complexity index is 1770. The second-order valence-corrected chi connectivity index (χ2v) is 12.9. The third-order valence-electron chi connectivity index (χ3n) is 10.5. The van der Waals surface area contributed by atoms with Crippen molar-refractivity contribution < 1.29 is 23.9 Å². The van der Waals surface area contributed by atoms with Gasteiger partial charge in [0, 0.05) is 36.8 Å². The summed E-state index contributed by atoms with van der Waals surface area (Å²) in [6.07, 6.45) is 0.760. The fourth-order valence-corrected chi connectivity index (χ4v) is 8.41. The Labute approximate surface area is 267 Å². The van der Waals surface area contributed by atoms with Crippen LogP contribution >= 0.6 is 0 Å². The average Bonchev–Trinajstić information content (AvgIpc) is 3.68. The zero-order valence-electron chi connectivity index (χ0n) is 25.4. The monoisotopic (exact) mass is 613 g/mol. The number of carbonyl (C=O) groups excluding carboxylic acids is 3. The molecule has 8 heteroatoms. The van der Waals surface area contributed by atoms with Gasteiger partial charge in [-0.05, 0) is 57.3 Å². The Morgan fingerprint density at radius 1 is 0.652 bits per heavy atom. The molecule has 8 nitrogen and oxygen atoms in total. The molecule has 0 aromatic heterocycles. The van der Waals surface area contributed by atoms with E-state index in [1.54, 1.807) is 4.90 Å². The molecule has 3 N–H and O–H groups in total. The maximum Gasteiger partial charge on any atom is 0.410 e. The standard InChI is InChI=1S/C38H35N3O5/c39-35(42)38(40-36(43)45-21-33-29-13-5-1-9-25(29)26-10-2-6-14-30(26)33)19-23-17-18-24(20-38)41(23)37(44)46-22-34-31-15-7-3-11-27(31)28-12-4-8-16-32(28)34/h1-16,23-24,33-34H,17-22H2,(H2,39,42)(H,40,43). The highest BCUT2D eigenvalue weighted by molar-refractivity contribution is 5.89. The quantitative estimate of drug-likeness (QED) is 0.264. The Morgan fingerprint density at radius 2 is 1.04 bits per heavy atom. The maximum atomic E-state index is 13.6. The number of piperidine rings is 1. The molecule has 4 aliphatic rings. The summed E-state index contributed by atoms with van der Waals surface area (Å²) in [6, 6.07) is 32.2. The van der Waals surface area contributed by atoms with Crippen LogP contribution in [-0.2, 0) is 14.3 Å². The molecule has 0 saturated carbocycles. The highest BCUT2D eigenvalue weighted by atomic mass is 16.6. The Hall–Kier alpha value is -5.11. The molecule has 4 aromatic rings. The number of amides is 3. The molecule has 3 amide bonds. The molecule has 2 saturated heterocycles. The first kappa shape index (κ1) is 28.4. The first-order valence-electron chi connectivity index (χ1n) is 16.0. The minimum absolute atomic E-state index is 0.0428. The predicted octanol–water partition coefficient (Wildman–Crippen LogP) is 6.33. The number of rotatable bonds is 6. The van der Waals surface area contributed by atoms with Gasteiger partial charge < -0.3 is 25.4 Å². The van der Waals surface area contributed by atoms with Gasteiger partial charge in [0.2, 0.25) is 5.91 Å². The lowest BCUT2D eigenvalue weighted by atomic mass is 9.82. The molecule has 2 aliphatic heterocycles. The van der Waals surface area contributed by atoms with Gasteiger partial charge in [0.25, 0.3) is 0 Å². The van der Waals surface area contributed by atoms with Gasteiger partial charge in [-0.15, -0.1) is 0 Å². The van der Waals surface area contributed by atoms with Crippen LogP contribution in [0.2, 0.25) is 0 Å². The summed E-state index contributed by atoms with van der Waals surface area (Å²) in [5.41, 5.74) is 13.8. The van der Waals surface area contributed by atoms with Gasteiger partial charge in [-0.3, -0.25) is 4.79 Å². The van der Waals surface area contributed by atoms with Crippen molar-refractivity contribution in [1.29, 1.82) is 0 Å². The van der Waals surface area contributed by atoms with E-state index in [1.165, 1.54) is 11.1 Å². The number of carbonyl (C=O) groups is 3. The number of alkyl carbamates (subject to hydrolysis) is 1. The van der Waals surface area contributed by atoms with Crippen LogP contribution in [0.25, 0.3) is 22.3 Å². The van der Waals surface area contributed by atoms with Crippen molar-refractivity contribution in [2.24, 2.45) is 5.73 Å². The summed E-state index contributed by atoms with van der Waals surface area (Å²) in [5.74, 6) is -0.766. The largest absolute Gasteiger partial charge is 0.449 e. The molecular formula is C38H35N3O5. The normalized spacial score (nSPS) is 22.4. The van der Waals surface area contributed by atoms with Crippen molar-refractivity contribution in [3.63, 3.8) is 0 Å². The van der Waals surface area contributed by atoms with Crippen LogP contribution in [0.5, 0.6) is 0 Å². The van der Waals surface area contributed by atoms with Crippen LogP contribution < -0.4 is 11.1 Å². The average molecular weight is 614 g/mol. The van der Waals surface area contributed by atoms with Crippen LogP contribution in [0, 0.1) is 0 Å². The zero-order chi connectivity index (χ0) is 31.4. The number of ether oxygens (including phenoxy) is 2. The van der Waals surface area contributed by atoms with E-state index in [0.29, 0.717) is 12.8 Å². The molecule has 2 unspecified atom stereocenters. The van der Waals surface area contributed by atoms with Crippen LogP contribution in [-0.4, -0.2) is 53.8 Å². The molecule has 2 heterocycles. The lowest BCUT2D eigenvalue weighted by Gasteiger charge is -2.44. The highest BCUT2D eigenvalue weighted by Crippen LogP contribution is 2.47. The predicted molar refractivity (Wildman–Crippen MR) is 173 cm³/mol. The first-order chi connectivity index (χ1) is 22.4. The van der Waals surface area contributed by atoms with Crippen molar-refractivity contribution in [1.82, 2.24) is 10.2 Å². The van der Waals surface area contributed by atoms with Gasteiger partial charge >= 0.3 is 12.2 Å². The fourth-order valence-electron chi connectivity index (χ4n) is 8.41. The van der Waals surface area contributed by atoms with Crippen LogP contribution in [0.1, 0.15) is 59.8 Å². The lowest BCUT2D eigenvalue weighted by molar-refractivity contribution is -0.127. The third-order valence-corrected chi connectivity index (χ3v) is 10.5. The van der Waals surface area contributed by atoms with E-state index in [-0.39, 0.29) is 50.0 Å². The number of benzene rings is 4. The van der Waals surface area contributed by atoms with Crippen LogP contribution in [0.15, 0.2) is 97.1 Å². The maximum absolute atomic E-state index is 13.6. The van der Waals surface area contributed by atoms with Crippen molar-refractivity contribution in [2.45, 2.75) is 55.1 Å². The second-order valence-electron chi connectivity index (χ2n) is 12.9. The van der Waals surface area contributed by atoms with Gasteiger partial charge in [-0.25, -0.2) is 9.59 Å². The molecule has 0 spiro atoms. The second kappa shape index (κ2) is 11.1. The van der Waals surface area contributed by atoms with E-state index < -0.39 is 23.6 Å². The molecule has 4 aromatic carbocycles. The molecule has 2 aliphatic carbocycles. The van der Waals surface area contributed by atoms with E-state index in [2.05, 4.69) is 53.8 Å². The van der Waals surface area contributed by atoms with E-state index in [1.807, 2.05) is 48.5 Å². The molecule has 8 rings (SSSR count). The van der Waals surface area contributed by atoms with Crippen molar-refractivity contribution in [2.75, 3.05) is 13.2 Å². The summed E-state index contributed by atoms with van der Waals surface area (Å²) < 4.78 is 11.8. The van der Waals surface area contributed by atoms with Gasteiger partial charge in [0.15, 0.2) is 0 Å². The highest BCUT2D eigenvalue weighted by Gasteiger charge is 2.54. The molecule has 232 valence electrons.